The third kappa shape index (κ3) is 5.21. The van der Waals surface area contributed by atoms with Crippen LogP contribution in [0.2, 0.25) is 0 Å². The number of anilines is 1. The molecule has 2 heterocycles. The number of amides is 1. The van der Waals surface area contributed by atoms with E-state index in [9.17, 15) is 19.2 Å². The van der Waals surface area contributed by atoms with Crippen LogP contribution in [-0.2, 0) is 38.1 Å². The number of hydrogen-bond acceptors (Lipinski definition) is 8. The Labute approximate surface area is 178 Å². The van der Waals surface area contributed by atoms with Gasteiger partial charge in [-0.05, 0) is 23.6 Å². The van der Waals surface area contributed by atoms with E-state index in [0.717, 1.165) is 5.39 Å². The minimum atomic E-state index is -1.08. The van der Waals surface area contributed by atoms with Crippen molar-refractivity contribution in [2.75, 3.05) is 11.9 Å². The van der Waals surface area contributed by atoms with Crippen molar-refractivity contribution in [2.24, 2.45) is 0 Å². The number of ether oxygens (including phenoxy) is 4. The monoisotopic (exact) mass is 432 g/mol. The molecule has 1 saturated heterocycles. The largest absolute Gasteiger partial charge is 0.456 e. The van der Waals surface area contributed by atoms with Crippen molar-refractivity contribution in [3.63, 3.8) is 0 Å². The fourth-order valence-electron chi connectivity index (χ4n) is 3.61. The van der Waals surface area contributed by atoms with Gasteiger partial charge in [0.25, 0.3) is 0 Å². The van der Waals surface area contributed by atoms with Crippen molar-refractivity contribution >= 4 is 40.4 Å². The van der Waals surface area contributed by atoms with E-state index in [2.05, 4.69) is 5.32 Å². The zero-order valence-electron chi connectivity index (χ0n) is 17.6. The van der Waals surface area contributed by atoms with Crippen LogP contribution in [0.5, 0.6) is 0 Å². The lowest BCUT2D eigenvalue weighted by Gasteiger charge is -2.41. The second-order valence-corrected chi connectivity index (χ2v) is 7.20. The summed E-state index contributed by atoms with van der Waals surface area (Å²) < 4.78 is 23.7. The van der Waals surface area contributed by atoms with Gasteiger partial charge in [-0.25, -0.2) is 0 Å². The highest BCUT2D eigenvalue weighted by atomic mass is 16.6. The zero-order valence-corrected chi connectivity index (χ0v) is 17.6. The number of nitrogens with one attached hydrogen (secondary N) is 1. The molecule has 1 aliphatic heterocycles. The maximum atomic E-state index is 11.8. The Hall–Kier alpha value is -3.40. The number of aromatic nitrogens is 1. The van der Waals surface area contributed by atoms with Gasteiger partial charge in [0.05, 0.1) is 12.1 Å². The Morgan fingerprint density at radius 1 is 0.935 bits per heavy atom. The Kier molecular flexibility index (Phi) is 6.59. The maximum absolute atomic E-state index is 11.8. The number of esters is 3. The molecule has 1 aromatic carbocycles. The summed E-state index contributed by atoms with van der Waals surface area (Å²) in [6.07, 6.45) is -2.23. The topological polar surface area (TPSA) is 122 Å². The summed E-state index contributed by atoms with van der Waals surface area (Å²) in [5.74, 6) is -2.04. The van der Waals surface area contributed by atoms with E-state index < -0.39 is 42.4 Å². The number of carbonyl (C=O) groups excluding carboxylic acids is 4. The molecule has 0 unspecified atom stereocenters. The number of fused-ring (bicyclic) bond motifs is 1. The lowest BCUT2D eigenvalue weighted by Crippen LogP contribution is -2.55. The first-order valence-electron chi connectivity index (χ1n) is 9.67. The quantitative estimate of drug-likeness (QED) is 0.562. The van der Waals surface area contributed by atoms with Crippen LogP contribution in [0, 0.1) is 0 Å². The van der Waals surface area contributed by atoms with Crippen LogP contribution in [0.25, 0.3) is 10.9 Å². The second kappa shape index (κ2) is 9.17. The van der Waals surface area contributed by atoms with Gasteiger partial charge in [-0.1, -0.05) is 6.07 Å². The van der Waals surface area contributed by atoms with E-state index in [-0.39, 0.29) is 12.5 Å². The lowest BCUT2D eigenvalue weighted by molar-refractivity contribution is -0.239. The standard InChI is InChI=1S/C21H24N2O8/c1-11(24)22-16-6-5-15-7-8-23(17(15)9-16)21-20(31-14(4)27)19(30-13(3)26)18(10-28-21)29-12(2)25/h5-9,18-21H,10H2,1-4H3,(H,22,24)/t18-,19-,20+,21+/m0/s1. The van der Waals surface area contributed by atoms with E-state index >= 15 is 0 Å². The smallest absolute Gasteiger partial charge is 0.303 e. The molecular formula is C21H24N2O8. The fraction of sp³-hybridized carbons (Fsp3) is 0.429. The molecule has 31 heavy (non-hydrogen) atoms. The molecule has 1 N–H and O–H groups in total. The van der Waals surface area contributed by atoms with E-state index in [4.69, 9.17) is 18.9 Å². The first kappa shape index (κ1) is 22.3. The molecule has 0 radical (unpaired) electrons. The highest BCUT2D eigenvalue weighted by molar-refractivity contribution is 5.92. The van der Waals surface area contributed by atoms with Gasteiger partial charge in [0.2, 0.25) is 5.91 Å². The lowest BCUT2D eigenvalue weighted by atomic mass is 10.0. The first-order valence-corrected chi connectivity index (χ1v) is 9.67. The van der Waals surface area contributed by atoms with Crippen molar-refractivity contribution in [3.05, 3.63) is 30.5 Å². The predicted molar refractivity (Wildman–Crippen MR) is 108 cm³/mol. The number of benzene rings is 1. The molecule has 0 bridgehead atoms. The second-order valence-electron chi connectivity index (χ2n) is 7.20. The summed E-state index contributed by atoms with van der Waals surface area (Å²) in [7, 11) is 0. The van der Waals surface area contributed by atoms with Gasteiger partial charge in [-0.3, -0.25) is 19.2 Å². The average molecular weight is 432 g/mol. The number of rotatable bonds is 5. The van der Waals surface area contributed by atoms with Crippen LogP contribution >= 0.6 is 0 Å². The SMILES string of the molecule is CC(=O)Nc1ccc2ccn([C@@H]3OC[C@H](OC(C)=O)[C@H](OC(C)=O)[C@H]3OC(C)=O)c2c1. The highest BCUT2D eigenvalue weighted by Gasteiger charge is 2.47. The molecule has 10 nitrogen and oxygen atoms in total. The summed E-state index contributed by atoms with van der Waals surface area (Å²) in [4.78, 5) is 46.5. The predicted octanol–water partition coefficient (Wildman–Crippen LogP) is 1.92. The number of hydrogen-bond donors (Lipinski definition) is 1. The van der Waals surface area contributed by atoms with Crippen molar-refractivity contribution in [2.45, 2.75) is 52.2 Å². The van der Waals surface area contributed by atoms with Gasteiger partial charge < -0.3 is 28.8 Å². The molecule has 2 aromatic rings. The van der Waals surface area contributed by atoms with Crippen LogP contribution < -0.4 is 5.32 Å². The summed E-state index contributed by atoms with van der Waals surface area (Å²) >= 11 is 0. The Morgan fingerprint density at radius 3 is 2.19 bits per heavy atom. The summed E-state index contributed by atoms with van der Waals surface area (Å²) in [5, 5.41) is 3.57. The molecule has 1 aliphatic rings. The molecule has 0 spiro atoms. The van der Waals surface area contributed by atoms with Crippen molar-refractivity contribution in [1.29, 1.82) is 0 Å². The fourth-order valence-corrected chi connectivity index (χ4v) is 3.61. The molecule has 1 amide bonds. The van der Waals surface area contributed by atoms with E-state index in [1.807, 2.05) is 12.1 Å². The minimum absolute atomic E-state index is 0.0784. The normalized spacial score (nSPS) is 23.1. The molecule has 1 aromatic heterocycles. The number of carbonyl (C=O) groups is 4. The molecule has 10 heteroatoms. The van der Waals surface area contributed by atoms with E-state index in [0.29, 0.717) is 11.2 Å². The maximum Gasteiger partial charge on any atom is 0.303 e. The van der Waals surface area contributed by atoms with E-state index in [1.165, 1.54) is 27.7 Å². The first-order chi connectivity index (χ1) is 14.7. The van der Waals surface area contributed by atoms with E-state index in [1.54, 1.807) is 22.9 Å². The van der Waals surface area contributed by atoms with Gasteiger partial charge in [0, 0.05) is 39.6 Å². The van der Waals surface area contributed by atoms with Crippen molar-refractivity contribution < 1.29 is 38.1 Å². The molecule has 4 atom stereocenters. The van der Waals surface area contributed by atoms with Gasteiger partial charge in [-0.2, -0.15) is 0 Å². The zero-order chi connectivity index (χ0) is 22.7. The van der Waals surface area contributed by atoms with Crippen molar-refractivity contribution in [3.8, 4) is 0 Å². The molecule has 0 saturated carbocycles. The van der Waals surface area contributed by atoms with Gasteiger partial charge >= 0.3 is 17.9 Å². The van der Waals surface area contributed by atoms with Crippen LogP contribution in [0.1, 0.15) is 33.9 Å². The molecule has 0 aliphatic carbocycles. The highest BCUT2D eigenvalue weighted by Crippen LogP contribution is 2.34. The number of nitrogens with zero attached hydrogens (tertiary/aromatic N) is 1. The van der Waals surface area contributed by atoms with Crippen LogP contribution in [0.15, 0.2) is 30.5 Å². The molecular weight excluding hydrogens is 408 g/mol. The minimum Gasteiger partial charge on any atom is -0.456 e. The summed E-state index contributed by atoms with van der Waals surface area (Å²) in [6.45, 7) is 4.99. The Balaban J connectivity index is 2.03. The summed E-state index contributed by atoms with van der Waals surface area (Å²) in [6, 6.07) is 7.17. The van der Waals surface area contributed by atoms with Gasteiger partial charge in [0.15, 0.2) is 24.5 Å². The summed E-state index contributed by atoms with van der Waals surface area (Å²) in [5.41, 5.74) is 1.27. The van der Waals surface area contributed by atoms with Gasteiger partial charge in [-0.15, -0.1) is 0 Å². The average Bonchev–Trinajstić information content (AvgIpc) is 3.06. The molecule has 166 valence electrons. The van der Waals surface area contributed by atoms with Crippen LogP contribution in [0.4, 0.5) is 5.69 Å². The Bertz CT molecular complexity index is 1010. The van der Waals surface area contributed by atoms with Crippen molar-refractivity contribution in [1.82, 2.24) is 4.57 Å². The molecule has 1 fully saturated rings. The van der Waals surface area contributed by atoms with Gasteiger partial charge in [0.1, 0.15) is 0 Å². The van der Waals surface area contributed by atoms with Crippen LogP contribution in [-0.4, -0.2) is 53.3 Å². The van der Waals surface area contributed by atoms with Crippen LogP contribution in [0.3, 0.4) is 0 Å². The Morgan fingerprint density at radius 2 is 1.58 bits per heavy atom. The third-order valence-corrected chi connectivity index (χ3v) is 4.64. The molecule has 3 rings (SSSR count). The third-order valence-electron chi connectivity index (χ3n) is 4.64.